The predicted octanol–water partition coefficient (Wildman–Crippen LogP) is 0.947. The van der Waals surface area contributed by atoms with Gasteiger partial charge in [-0.05, 0) is 38.6 Å². The molecule has 5 heteroatoms. The summed E-state index contributed by atoms with van der Waals surface area (Å²) in [5, 5.41) is 6.01. The van der Waals surface area contributed by atoms with E-state index in [1.54, 1.807) is 25.4 Å². The van der Waals surface area contributed by atoms with E-state index >= 15 is 0 Å². The Labute approximate surface area is 108 Å². The highest BCUT2D eigenvalue weighted by Gasteiger charge is 2.19. The number of anilines is 1. The van der Waals surface area contributed by atoms with E-state index in [4.69, 9.17) is 0 Å². The molecule has 2 N–H and O–H groups in total. The molecular weight excluding hydrogens is 228 g/mol. The van der Waals surface area contributed by atoms with E-state index in [1.165, 1.54) is 0 Å². The van der Waals surface area contributed by atoms with Crippen molar-refractivity contribution < 1.29 is 4.79 Å². The van der Waals surface area contributed by atoms with Gasteiger partial charge in [0.05, 0.1) is 0 Å². The van der Waals surface area contributed by atoms with Crippen molar-refractivity contribution in [2.75, 3.05) is 32.5 Å². The standard InChI is InChI=1S/C13H20N4O/c1-14-12-8-10(5-6-15-12)13(18)16-11-4-3-7-17(2)9-11/h5-6,8,11H,3-4,7,9H2,1-2H3,(H,14,15)(H,16,18). The second-order valence-corrected chi connectivity index (χ2v) is 4.75. The van der Waals surface area contributed by atoms with E-state index in [1.807, 2.05) is 0 Å². The number of likely N-dealkylation sites (N-methyl/N-ethyl adjacent to an activating group) is 1. The lowest BCUT2D eigenvalue weighted by Crippen LogP contribution is -2.46. The third-order valence-corrected chi connectivity index (χ3v) is 3.24. The summed E-state index contributed by atoms with van der Waals surface area (Å²) in [5.41, 5.74) is 0.655. The maximum atomic E-state index is 12.1. The maximum absolute atomic E-state index is 12.1. The van der Waals surface area contributed by atoms with Crippen LogP contribution in [0.3, 0.4) is 0 Å². The number of piperidine rings is 1. The van der Waals surface area contributed by atoms with Crippen LogP contribution in [-0.2, 0) is 0 Å². The minimum atomic E-state index is -0.0193. The lowest BCUT2D eigenvalue weighted by atomic mass is 10.1. The first-order valence-electron chi connectivity index (χ1n) is 6.32. The molecule has 0 spiro atoms. The van der Waals surface area contributed by atoms with Crippen molar-refractivity contribution in [2.45, 2.75) is 18.9 Å². The molecule has 18 heavy (non-hydrogen) atoms. The van der Waals surface area contributed by atoms with Gasteiger partial charge in [0.1, 0.15) is 5.82 Å². The van der Waals surface area contributed by atoms with Gasteiger partial charge < -0.3 is 15.5 Å². The zero-order chi connectivity index (χ0) is 13.0. The number of carbonyl (C=O) groups excluding carboxylic acids is 1. The topological polar surface area (TPSA) is 57.3 Å². The SMILES string of the molecule is CNc1cc(C(=O)NC2CCCN(C)C2)ccn1. The Bertz CT molecular complexity index is 421. The third-order valence-electron chi connectivity index (χ3n) is 3.24. The van der Waals surface area contributed by atoms with Gasteiger partial charge in [0.15, 0.2) is 0 Å². The molecule has 1 aliphatic rings. The van der Waals surface area contributed by atoms with Crippen LogP contribution in [-0.4, -0.2) is 49.0 Å². The van der Waals surface area contributed by atoms with E-state index in [0.717, 1.165) is 25.9 Å². The average molecular weight is 248 g/mol. The molecular formula is C13H20N4O. The minimum absolute atomic E-state index is 0.0193. The molecule has 1 aromatic heterocycles. The van der Waals surface area contributed by atoms with Crippen molar-refractivity contribution in [1.29, 1.82) is 0 Å². The molecule has 1 fully saturated rings. The van der Waals surface area contributed by atoms with Crippen LogP contribution in [0.15, 0.2) is 18.3 Å². The molecule has 1 saturated heterocycles. The normalized spacial score (nSPS) is 20.4. The van der Waals surface area contributed by atoms with Crippen LogP contribution in [0, 0.1) is 0 Å². The quantitative estimate of drug-likeness (QED) is 0.836. The number of nitrogens with zero attached hydrogens (tertiary/aromatic N) is 2. The molecule has 1 amide bonds. The van der Waals surface area contributed by atoms with Crippen molar-refractivity contribution >= 4 is 11.7 Å². The Kier molecular flexibility index (Phi) is 4.15. The predicted molar refractivity (Wildman–Crippen MR) is 71.8 cm³/mol. The molecule has 0 aliphatic carbocycles. The smallest absolute Gasteiger partial charge is 0.251 e. The van der Waals surface area contributed by atoms with E-state index in [0.29, 0.717) is 11.4 Å². The number of hydrogen-bond donors (Lipinski definition) is 2. The molecule has 0 radical (unpaired) electrons. The number of pyridine rings is 1. The van der Waals surface area contributed by atoms with Crippen LogP contribution < -0.4 is 10.6 Å². The molecule has 0 aromatic carbocycles. The number of likely N-dealkylation sites (tertiary alicyclic amines) is 1. The highest BCUT2D eigenvalue weighted by Crippen LogP contribution is 2.10. The Morgan fingerprint density at radius 3 is 3.11 bits per heavy atom. The van der Waals surface area contributed by atoms with E-state index in [2.05, 4.69) is 27.6 Å². The fraction of sp³-hybridized carbons (Fsp3) is 0.538. The molecule has 2 heterocycles. The second kappa shape index (κ2) is 5.82. The van der Waals surface area contributed by atoms with Gasteiger partial charge in [-0.2, -0.15) is 0 Å². The number of nitrogens with one attached hydrogen (secondary N) is 2. The highest BCUT2D eigenvalue weighted by atomic mass is 16.1. The molecule has 0 saturated carbocycles. The lowest BCUT2D eigenvalue weighted by Gasteiger charge is -2.30. The Balaban J connectivity index is 1.98. The van der Waals surface area contributed by atoms with E-state index < -0.39 is 0 Å². The van der Waals surface area contributed by atoms with Gasteiger partial charge >= 0.3 is 0 Å². The number of hydrogen-bond acceptors (Lipinski definition) is 4. The summed E-state index contributed by atoms with van der Waals surface area (Å²) in [6, 6.07) is 3.76. The zero-order valence-electron chi connectivity index (χ0n) is 10.9. The number of amides is 1. The van der Waals surface area contributed by atoms with Crippen LogP contribution in [0.1, 0.15) is 23.2 Å². The summed E-state index contributed by atoms with van der Waals surface area (Å²) in [4.78, 5) is 18.5. The zero-order valence-corrected chi connectivity index (χ0v) is 10.9. The van der Waals surface area contributed by atoms with Gasteiger partial charge in [0, 0.05) is 31.4 Å². The fourth-order valence-corrected chi connectivity index (χ4v) is 2.26. The van der Waals surface area contributed by atoms with Crippen LogP contribution >= 0.6 is 0 Å². The van der Waals surface area contributed by atoms with Crippen LogP contribution in [0.4, 0.5) is 5.82 Å². The Hall–Kier alpha value is -1.62. The monoisotopic (exact) mass is 248 g/mol. The van der Waals surface area contributed by atoms with Gasteiger partial charge in [-0.25, -0.2) is 4.98 Å². The van der Waals surface area contributed by atoms with Crippen molar-refractivity contribution in [3.8, 4) is 0 Å². The summed E-state index contributed by atoms with van der Waals surface area (Å²) < 4.78 is 0. The third kappa shape index (κ3) is 3.20. The highest BCUT2D eigenvalue weighted by molar-refractivity contribution is 5.95. The second-order valence-electron chi connectivity index (χ2n) is 4.75. The first-order valence-corrected chi connectivity index (χ1v) is 6.32. The molecule has 98 valence electrons. The molecule has 2 rings (SSSR count). The first-order chi connectivity index (χ1) is 8.69. The van der Waals surface area contributed by atoms with Gasteiger partial charge in [-0.3, -0.25) is 4.79 Å². The molecule has 1 aliphatic heterocycles. The first kappa shape index (κ1) is 12.8. The Morgan fingerprint density at radius 1 is 1.56 bits per heavy atom. The van der Waals surface area contributed by atoms with E-state index in [-0.39, 0.29) is 11.9 Å². The van der Waals surface area contributed by atoms with Gasteiger partial charge in [-0.15, -0.1) is 0 Å². The van der Waals surface area contributed by atoms with Gasteiger partial charge in [0.25, 0.3) is 5.91 Å². The molecule has 5 nitrogen and oxygen atoms in total. The number of rotatable bonds is 3. The number of aromatic nitrogens is 1. The molecule has 1 atom stereocenters. The average Bonchev–Trinajstić information content (AvgIpc) is 2.39. The van der Waals surface area contributed by atoms with Crippen LogP contribution in [0.2, 0.25) is 0 Å². The summed E-state index contributed by atoms with van der Waals surface area (Å²) >= 11 is 0. The molecule has 1 unspecified atom stereocenters. The van der Waals surface area contributed by atoms with Crippen molar-refractivity contribution in [1.82, 2.24) is 15.2 Å². The van der Waals surface area contributed by atoms with Crippen molar-refractivity contribution in [2.24, 2.45) is 0 Å². The van der Waals surface area contributed by atoms with E-state index in [9.17, 15) is 4.79 Å². The fourth-order valence-electron chi connectivity index (χ4n) is 2.26. The molecule has 0 bridgehead atoms. The van der Waals surface area contributed by atoms with Gasteiger partial charge in [0.2, 0.25) is 0 Å². The minimum Gasteiger partial charge on any atom is -0.373 e. The van der Waals surface area contributed by atoms with Gasteiger partial charge in [-0.1, -0.05) is 0 Å². The maximum Gasteiger partial charge on any atom is 0.251 e. The lowest BCUT2D eigenvalue weighted by molar-refractivity contribution is 0.0912. The summed E-state index contributed by atoms with van der Waals surface area (Å²) in [6.45, 7) is 2.04. The van der Waals surface area contributed by atoms with Crippen LogP contribution in [0.25, 0.3) is 0 Å². The largest absolute Gasteiger partial charge is 0.373 e. The Morgan fingerprint density at radius 2 is 2.39 bits per heavy atom. The van der Waals surface area contributed by atoms with Crippen molar-refractivity contribution in [3.05, 3.63) is 23.9 Å². The summed E-state index contributed by atoms with van der Waals surface area (Å²) in [6.07, 6.45) is 3.84. The summed E-state index contributed by atoms with van der Waals surface area (Å²) in [5.74, 6) is 0.692. The van der Waals surface area contributed by atoms with Crippen molar-refractivity contribution in [3.63, 3.8) is 0 Å². The molecule has 1 aromatic rings. The van der Waals surface area contributed by atoms with Crippen LogP contribution in [0.5, 0.6) is 0 Å². The summed E-state index contributed by atoms with van der Waals surface area (Å²) in [7, 11) is 3.88. The number of carbonyl (C=O) groups is 1.